The number of unbranched alkanes of at least 4 members (excludes halogenated alkanes) is 8. The summed E-state index contributed by atoms with van der Waals surface area (Å²) in [5, 5.41) is 20.4. The molecule has 0 aromatic rings. The number of hydrogen-bond donors (Lipinski definition) is 3. The second-order valence-corrected chi connectivity index (χ2v) is 7.10. The van der Waals surface area contributed by atoms with Gasteiger partial charge in [0.2, 0.25) is 5.91 Å². The average molecular weight is 451 g/mol. The zero-order chi connectivity index (χ0) is 21.2. The minimum absolute atomic E-state index is 0. The molecule has 0 radical (unpaired) electrons. The van der Waals surface area contributed by atoms with Crippen LogP contribution in [-0.2, 0) is 19.1 Å². The molecule has 1 unspecified atom stereocenters. The third kappa shape index (κ3) is 23.0. The molecule has 0 aromatic carbocycles. The SMILES string of the molecule is CCCCCCCCCCCC(=O)NCCN(CC(=O)O)C(C)OCC(=O)O.[H-].[H-].[Na+].[Na+]. The molecule has 8 nitrogen and oxygen atoms in total. The molecule has 0 aliphatic rings. The summed E-state index contributed by atoms with van der Waals surface area (Å²) < 4.78 is 5.11. The third-order valence-corrected chi connectivity index (χ3v) is 4.53. The first-order valence-corrected chi connectivity index (χ1v) is 10.4. The van der Waals surface area contributed by atoms with Crippen LogP contribution in [0.25, 0.3) is 0 Å². The first kappa shape index (κ1) is 34.9. The van der Waals surface area contributed by atoms with Gasteiger partial charge in [-0.1, -0.05) is 58.3 Å². The molecule has 0 saturated heterocycles. The number of nitrogens with zero attached hydrogens (tertiary/aromatic N) is 1. The Hall–Kier alpha value is 0.330. The van der Waals surface area contributed by atoms with Crippen molar-refractivity contribution in [1.82, 2.24) is 10.2 Å². The van der Waals surface area contributed by atoms with Crippen molar-refractivity contribution in [3.63, 3.8) is 0 Å². The van der Waals surface area contributed by atoms with Crippen LogP contribution in [0.1, 0.15) is 80.9 Å². The van der Waals surface area contributed by atoms with Crippen molar-refractivity contribution in [1.29, 1.82) is 0 Å². The molecule has 0 bridgehead atoms. The quantitative estimate of drug-likeness (QED) is 0.110. The number of aliphatic carboxylic acids is 2. The van der Waals surface area contributed by atoms with Gasteiger partial charge in [-0.25, -0.2) is 4.79 Å². The number of carbonyl (C=O) groups is 3. The summed E-state index contributed by atoms with van der Waals surface area (Å²) >= 11 is 0. The van der Waals surface area contributed by atoms with Gasteiger partial charge in [0.05, 0.1) is 6.54 Å². The normalized spacial score (nSPS) is 11.3. The van der Waals surface area contributed by atoms with E-state index in [0.717, 1.165) is 19.3 Å². The van der Waals surface area contributed by atoms with Crippen LogP contribution in [0.3, 0.4) is 0 Å². The topological polar surface area (TPSA) is 116 Å². The largest absolute Gasteiger partial charge is 1.00 e. The molecule has 168 valence electrons. The van der Waals surface area contributed by atoms with Gasteiger partial charge < -0.3 is 23.1 Å². The van der Waals surface area contributed by atoms with E-state index < -0.39 is 24.8 Å². The first-order valence-electron chi connectivity index (χ1n) is 10.4. The number of amides is 1. The Kier molecular flexibility index (Phi) is 27.9. The van der Waals surface area contributed by atoms with E-state index in [1.807, 2.05) is 0 Å². The molecule has 1 atom stereocenters. The van der Waals surface area contributed by atoms with Crippen molar-refractivity contribution in [2.75, 3.05) is 26.2 Å². The molecule has 1 amide bonds. The predicted molar refractivity (Wildman–Crippen MR) is 109 cm³/mol. The maximum absolute atomic E-state index is 11.9. The molecule has 0 saturated carbocycles. The van der Waals surface area contributed by atoms with E-state index in [1.54, 1.807) is 6.92 Å². The number of hydrogen-bond acceptors (Lipinski definition) is 5. The molecule has 0 aliphatic heterocycles. The molecule has 0 spiro atoms. The van der Waals surface area contributed by atoms with Crippen LogP contribution in [-0.4, -0.2) is 65.4 Å². The van der Waals surface area contributed by atoms with Crippen LogP contribution >= 0.6 is 0 Å². The Morgan fingerprint density at radius 2 is 1.47 bits per heavy atom. The number of rotatable bonds is 19. The summed E-state index contributed by atoms with van der Waals surface area (Å²) in [6.45, 7) is 3.59. The van der Waals surface area contributed by atoms with E-state index in [4.69, 9.17) is 14.9 Å². The fourth-order valence-electron chi connectivity index (χ4n) is 2.88. The van der Waals surface area contributed by atoms with Gasteiger partial charge in [-0.15, -0.1) is 0 Å². The van der Waals surface area contributed by atoms with E-state index in [9.17, 15) is 14.4 Å². The van der Waals surface area contributed by atoms with Gasteiger partial charge in [0, 0.05) is 19.5 Å². The Morgan fingerprint density at radius 3 is 1.97 bits per heavy atom. The van der Waals surface area contributed by atoms with Crippen LogP contribution in [0.5, 0.6) is 0 Å². The minimum Gasteiger partial charge on any atom is -1.00 e. The van der Waals surface area contributed by atoms with Gasteiger partial charge >= 0.3 is 71.1 Å². The van der Waals surface area contributed by atoms with Crippen LogP contribution in [0.4, 0.5) is 0 Å². The van der Waals surface area contributed by atoms with Gasteiger partial charge in [0.25, 0.3) is 0 Å². The zero-order valence-electron chi connectivity index (χ0n) is 21.5. The van der Waals surface area contributed by atoms with E-state index in [1.165, 1.54) is 43.4 Å². The van der Waals surface area contributed by atoms with Crippen molar-refractivity contribution >= 4 is 17.8 Å². The fourth-order valence-corrected chi connectivity index (χ4v) is 2.88. The van der Waals surface area contributed by atoms with Crippen molar-refractivity contribution in [3.8, 4) is 0 Å². The van der Waals surface area contributed by atoms with Crippen molar-refractivity contribution < 1.29 is 91.3 Å². The van der Waals surface area contributed by atoms with Gasteiger partial charge in [-0.05, 0) is 13.3 Å². The van der Waals surface area contributed by atoms with E-state index in [-0.39, 0.29) is 81.0 Å². The van der Waals surface area contributed by atoms with Crippen molar-refractivity contribution in [3.05, 3.63) is 0 Å². The van der Waals surface area contributed by atoms with Crippen molar-refractivity contribution in [2.45, 2.75) is 84.3 Å². The second-order valence-electron chi connectivity index (χ2n) is 7.10. The number of carboxylic acids is 2. The molecule has 0 fully saturated rings. The zero-order valence-corrected chi connectivity index (χ0v) is 23.5. The maximum Gasteiger partial charge on any atom is 1.00 e. The summed E-state index contributed by atoms with van der Waals surface area (Å²) in [6, 6.07) is 0. The van der Waals surface area contributed by atoms with Crippen LogP contribution in [0.2, 0.25) is 0 Å². The standard InChI is InChI=1S/C20H38N2O6.2Na.2H/c1-3-4-5-6-7-8-9-10-11-12-18(23)21-13-14-22(15-19(24)25)17(2)28-16-20(26)27;;;;/h17H,3-16H2,1-2H3,(H,21,23)(H,24,25)(H,26,27);;;;/q;2*+1;2*-1. The fraction of sp³-hybridized carbons (Fsp3) is 0.850. The Labute approximate surface area is 228 Å². The smallest absolute Gasteiger partial charge is 1.00 e. The number of nitrogens with one attached hydrogen (secondary N) is 1. The second kappa shape index (κ2) is 24.0. The van der Waals surface area contributed by atoms with Gasteiger partial charge in [-0.2, -0.15) is 0 Å². The van der Waals surface area contributed by atoms with Crippen LogP contribution in [0.15, 0.2) is 0 Å². The average Bonchev–Trinajstić information content (AvgIpc) is 2.63. The van der Waals surface area contributed by atoms with Gasteiger partial charge in [0.15, 0.2) is 0 Å². The monoisotopic (exact) mass is 450 g/mol. The van der Waals surface area contributed by atoms with E-state index >= 15 is 0 Å². The molecule has 0 aliphatic carbocycles. The summed E-state index contributed by atoms with van der Waals surface area (Å²) in [5.41, 5.74) is 0. The van der Waals surface area contributed by atoms with Crippen LogP contribution in [0, 0.1) is 0 Å². The minimum atomic E-state index is -1.11. The van der Waals surface area contributed by atoms with Crippen molar-refractivity contribution in [2.24, 2.45) is 0 Å². The van der Waals surface area contributed by atoms with E-state index in [2.05, 4.69) is 12.2 Å². The maximum atomic E-state index is 11.9. The predicted octanol–water partition coefficient (Wildman–Crippen LogP) is -2.91. The van der Waals surface area contributed by atoms with E-state index in [0.29, 0.717) is 13.0 Å². The molecule has 3 N–H and O–H groups in total. The molecular weight excluding hydrogens is 410 g/mol. The summed E-state index contributed by atoms with van der Waals surface area (Å²) in [5.74, 6) is -2.19. The summed E-state index contributed by atoms with van der Waals surface area (Å²) in [4.78, 5) is 34.9. The van der Waals surface area contributed by atoms with Gasteiger partial charge in [0.1, 0.15) is 12.8 Å². The Balaban J connectivity index is -0.000000607. The number of ether oxygens (including phenoxy) is 1. The molecule has 0 heterocycles. The Morgan fingerprint density at radius 1 is 0.933 bits per heavy atom. The summed E-state index contributed by atoms with van der Waals surface area (Å²) in [6.07, 6.45) is 10.6. The number of carboxylic acid groups (broad SMARTS) is 2. The first-order chi connectivity index (χ1) is 13.4. The molecular formula is C20H40N2Na2O6. The summed E-state index contributed by atoms with van der Waals surface area (Å²) in [7, 11) is 0. The molecule has 0 aromatic heterocycles. The van der Waals surface area contributed by atoms with Gasteiger partial charge in [-0.3, -0.25) is 14.5 Å². The third-order valence-electron chi connectivity index (χ3n) is 4.53. The molecule has 0 rings (SSSR count). The molecule has 10 heteroatoms. The number of carbonyl (C=O) groups excluding carboxylic acids is 1. The molecule has 30 heavy (non-hydrogen) atoms. The van der Waals surface area contributed by atoms with Crippen LogP contribution < -0.4 is 64.4 Å². The Bertz CT molecular complexity index is 466.